The Bertz CT molecular complexity index is 290. The van der Waals surface area contributed by atoms with Gasteiger partial charge in [0.1, 0.15) is 12.0 Å². The van der Waals surface area contributed by atoms with Gasteiger partial charge in [0.25, 0.3) is 0 Å². The van der Waals surface area contributed by atoms with Gasteiger partial charge in [-0.15, -0.1) is 0 Å². The number of halogens is 1. The van der Waals surface area contributed by atoms with Gasteiger partial charge in [-0.25, -0.2) is 0 Å². The summed E-state index contributed by atoms with van der Waals surface area (Å²) < 4.78 is 4.62. The van der Waals surface area contributed by atoms with Gasteiger partial charge in [-0.3, -0.25) is 4.79 Å². The number of carbonyl (C=O) groups is 1. The molecule has 1 aromatic rings. The van der Waals surface area contributed by atoms with E-state index >= 15 is 0 Å². The Labute approximate surface area is 75.2 Å². The zero-order valence-corrected chi connectivity index (χ0v) is 6.78. The molecule has 61 valence electrons. The van der Waals surface area contributed by atoms with Crippen LogP contribution in [0.4, 0.5) is 0 Å². The molecule has 1 N–H and O–H groups in total. The topological polar surface area (TPSA) is 46.5 Å². The zero-order valence-electron chi connectivity index (χ0n) is 6.03. The Morgan fingerprint density at radius 1 is 1.58 bits per heavy atom. The van der Waals surface area contributed by atoms with Crippen LogP contribution in [0.25, 0.3) is 0 Å². The molecule has 0 aliphatic carbocycles. The lowest BCUT2D eigenvalue weighted by Crippen LogP contribution is -2.00. The molecule has 0 saturated carbocycles. The van der Waals surface area contributed by atoms with Crippen LogP contribution in [0.2, 0.25) is 5.02 Å². The Balaban J connectivity index is 2.99. The highest BCUT2D eigenvalue weighted by molar-refractivity contribution is 6.32. The van der Waals surface area contributed by atoms with Gasteiger partial charge in [0.15, 0.2) is 0 Å². The average Bonchev–Trinajstić information content (AvgIpc) is 2.09. The highest BCUT2D eigenvalue weighted by atomic mass is 35.5. The molecule has 12 heavy (non-hydrogen) atoms. The number of rotatable bonds is 3. The normalized spacial score (nSPS) is 9.17. The Hall–Kier alpha value is -0.995. The monoisotopic (exact) mass is 183 g/mol. The number of hydrogen-bond acceptors (Lipinski definition) is 3. The maximum atomic E-state index is 10.3. The Morgan fingerprint density at radius 3 is 2.92 bits per heavy atom. The summed E-state index contributed by atoms with van der Waals surface area (Å²) in [7, 11) is 0.510. The lowest BCUT2D eigenvalue weighted by molar-refractivity contribution is 0.112. The number of carbonyl (C=O) groups excluding carboxylic acids is 1. The molecule has 3 nitrogen and oxygen atoms in total. The number of aldehydes is 1. The molecule has 0 saturated heterocycles. The van der Waals surface area contributed by atoms with E-state index in [1.165, 1.54) is 12.1 Å². The first-order chi connectivity index (χ1) is 5.77. The Kier molecular flexibility index (Phi) is 3.14. The van der Waals surface area contributed by atoms with Gasteiger partial charge in [0.05, 0.1) is 5.02 Å². The van der Waals surface area contributed by atoms with Crippen molar-refractivity contribution in [2.24, 2.45) is 0 Å². The maximum absolute atomic E-state index is 10.3. The molecule has 5 heteroatoms. The van der Waals surface area contributed by atoms with Crippen molar-refractivity contribution >= 4 is 25.6 Å². The first-order valence-corrected chi connectivity index (χ1v) is 3.53. The van der Waals surface area contributed by atoms with E-state index in [-0.39, 0.29) is 5.75 Å². The van der Waals surface area contributed by atoms with E-state index in [9.17, 15) is 4.79 Å². The van der Waals surface area contributed by atoms with Gasteiger partial charge in [-0.1, -0.05) is 11.6 Å². The minimum atomic E-state index is 0.253. The van der Waals surface area contributed by atoms with Gasteiger partial charge in [-0.05, 0) is 18.2 Å². The predicted molar refractivity (Wildman–Crippen MR) is 45.4 cm³/mol. The first kappa shape index (κ1) is 9.10. The molecule has 1 aromatic carbocycles. The van der Waals surface area contributed by atoms with Crippen LogP contribution in [0.1, 0.15) is 10.4 Å². The lowest BCUT2D eigenvalue weighted by atomic mass is 10.2. The fourth-order valence-corrected chi connectivity index (χ4v) is 0.902. The van der Waals surface area contributed by atoms with Crippen molar-refractivity contribution in [3.05, 3.63) is 28.8 Å². The maximum Gasteiger partial charge on any atom is 0.569 e. The second kappa shape index (κ2) is 4.14. The summed E-state index contributed by atoms with van der Waals surface area (Å²) in [5, 5.41) is 8.65. The summed E-state index contributed by atoms with van der Waals surface area (Å²) in [6.07, 6.45) is 0.667. The molecular formula is C7H5BClO3. The highest BCUT2D eigenvalue weighted by Crippen LogP contribution is 2.24. The van der Waals surface area contributed by atoms with Crippen LogP contribution in [-0.2, 0) is 0 Å². The third-order valence-corrected chi connectivity index (χ3v) is 1.58. The molecule has 1 rings (SSSR count). The van der Waals surface area contributed by atoms with Crippen LogP contribution >= 0.6 is 11.6 Å². The van der Waals surface area contributed by atoms with Crippen LogP contribution in [-0.4, -0.2) is 19.0 Å². The van der Waals surface area contributed by atoms with E-state index in [0.29, 0.717) is 24.6 Å². The van der Waals surface area contributed by atoms with Crippen LogP contribution < -0.4 is 4.65 Å². The smallest absolute Gasteiger partial charge is 0.536 e. The summed E-state index contributed by atoms with van der Waals surface area (Å²) in [6.45, 7) is 0. The summed E-state index contributed by atoms with van der Waals surface area (Å²) in [6, 6.07) is 4.51. The molecule has 0 spiro atoms. The van der Waals surface area contributed by atoms with Crippen molar-refractivity contribution in [3.63, 3.8) is 0 Å². The molecule has 0 atom stereocenters. The summed E-state index contributed by atoms with van der Waals surface area (Å²) in [5.74, 6) is 0.253. The van der Waals surface area contributed by atoms with E-state index in [1.807, 2.05) is 0 Å². The van der Waals surface area contributed by atoms with Gasteiger partial charge < -0.3 is 9.68 Å². The predicted octanol–water partition coefficient (Wildman–Crippen LogP) is 1.06. The molecule has 0 aliphatic rings. The molecule has 0 aromatic heterocycles. The van der Waals surface area contributed by atoms with Crippen LogP contribution in [0, 0.1) is 0 Å². The third kappa shape index (κ3) is 2.00. The quantitative estimate of drug-likeness (QED) is 0.563. The molecule has 0 fully saturated rings. The van der Waals surface area contributed by atoms with Crippen molar-refractivity contribution in [1.29, 1.82) is 0 Å². The second-order valence-electron chi connectivity index (χ2n) is 2.03. The molecule has 0 heterocycles. The van der Waals surface area contributed by atoms with Crippen molar-refractivity contribution in [3.8, 4) is 5.75 Å². The summed E-state index contributed by atoms with van der Waals surface area (Å²) in [5.41, 5.74) is 0.441. The SMILES string of the molecule is O=Cc1ccc(Cl)c(O[B]O)c1. The molecule has 0 aliphatic heterocycles. The van der Waals surface area contributed by atoms with Crippen molar-refractivity contribution < 1.29 is 14.5 Å². The fraction of sp³-hybridized carbons (Fsp3) is 0. The van der Waals surface area contributed by atoms with E-state index in [4.69, 9.17) is 16.6 Å². The van der Waals surface area contributed by atoms with Crippen molar-refractivity contribution in [2.45, 2.75) is 0 Å². The molecule has 1 radical (unpaired) electrons. The lowest BCUT2D eigenvalue weighted by Gasteiger charge is -2.03. The van der Waals surface area contributed by atoms with Crippen LogP contribution in [0.3, 0.4) is 0 Å². The number of hydrogen-bond donors (Lipinski definition) is 1. The molecule has 0 bridgehead atoms. The second-order valence-corrected chi connectivity index (χ2v) is 2.44. The van der Waals surface area contributed by atoms with E-state index in [0.717, 1.165) is 0 Å². The van der Waals surface area contributed by atoms with E-state index in [1.54, 1.807) is 6.07 Å². The Morgan fingerprint density at radius 2 is 2.33 bits per heavy atom. The van der Waals surface area contributed by atoms with Crippen molar-refractivity contribution in [2.75, 3.05) is 0 Å². The molecule has 0 unspecified atom stereocenters. The van der Waals surface area contributed by atoms with Crippen LogP contribution in [0.15, 0.2) is 18.2 Å². The highest BCUT2D eigenvalue weighted by Gasteiger charge is 2.02. The first-order valence-electron chi connectivity index (χ1n) is 3.15. The molecule has 0 amide bonds. The average molecular weight is 183 g/mol. The van der Waals surface area contributed by atoms with Crippen molar-refractivity contribution in [1.82, 2.24) is 0 Å². The van der Waals surface area contributed by atoms with Crippen LogP contribution in [0.5, 0.6) is 5.75 Å². The number of benzene rings is 1. The van der Waals surface area contributed by atoms with E-state index in [2.05, 4.69) is 4.65 Å². The minimum Gasteiger partial charge on any atom is -0.536 e. The minimum absolute atomic E-state index is 0.253. The fourth-order valence-electron chi connectivity index (χ4n) is 0.740. The molecular weight excluding hydrogens is 178 g/mol. The zero-order chi connectivity index (χ0) is 8.97. The third-order valence-electron chi connectivity index (χ3n) is 1.27. The van der Waals surface area contributed by atoms with Gasteiger partial charge in [0, 0.05) is 5.56 Å². The summed E-state index contributed by atoms with van der Waals surface area (Å²) in [4.78, 5) is 10.3. The van der Waals surface area contributed by atoms with Gasteiger partial charge in [0.2, 0.25) is 0 Å². The van der Waals surface area contributed by atoms with E-state index < -0.39 is 0 Å². The van der Waals surface area contributed by atoms with Gasteiger partial charge >= 0.3 is 7.69 Å². The standard InChI is InChI=1S/C7H5BClO3/c9-6-2-1-5(4-10)3-7(6)12-8-11/h1-4,11H. The van der Waals surface area contributed by atoms with Gasteiger partial charge in [-0.2, -0.15) is 0 Å². The summed E-state index contributed by atoms with van der Waals surface area (Å²) >= 11 is 5.66. The largest absolute Gasteiger partial charge is 0.569 e.